The molecule has 5 N–H and O–H groups in total. The second kappa shape index (κ2) is 13.5. The van der Waals surface area contributed by atoms with Gasteiger partial charge in [0.25, 0.3) is 0 Å². The molecule has 170 valence electrons. The zero-order valence-corrected chi connectivity index (χ0v) is 18.7. The highest BCUT2D eigenvalue weighted by Crippen LogP contribution is 2.45. The summed E-state index contributed by atoms with van der Waals surface area (Å²) in [7, 11) is -4.19. The average molecular weight is 442 g/mol. The second-order valence-corrected chi connectivity index (χ2v) is 9.59. The van der Waals surface area contributed by atoms with Crippen molar-refractivity contribution in [1.82, 2.24) is 5.32 Å². The van der Waals surface area contributed by atoms with Crippen molar-refractivity contribution in [2.75, 3.05) is 12.7 Å². The Labute approximate surface area is 178 Å². The summed E-state index contributed by atoms with van der Waals surface area (Å²) < 4.78 is 17.5. The van der Waals surface area contributed by atoms with Crippen molar-refractivity contribution in [3.63, 3.8) is 0 Å². The first-order chi connectivity index (χ1) is 14.1. The van der Waals surface area contributed by atoms with Gasteiger partial charge in [-0.1, -0.05) is 63.4 Å². The van der Waals surface area contributed by atoms with Crippen LogP contribution in [0.3, 0.4) is 0 Å². The molecule has 4 atom stereocenters. The van der Waals surface area contributed by atoms with Gasteiger partial charge in [0, 0.05) is 19.0 Å². The maximum absolute atomic E-state index is 12.4. The van der Waals surface area contributed by atoms with Crippen molar-refractivity contribution in [1.29, 1.82) is 0 Å². The van der Waals surface area contributed by atoms with Gasteiger partial charge >= 0.3 is 13.6 Å². The standard InChI is InChI=1S/C21H35N2O6P/c1-3-4-6-11-18(22)20(21(25)26)29-30(27,28)15-16(2)14-23-19(24)13-12-17-9-7-5-8-10-17/h5,7-10,16,18,20H,3-4,6,11-15,22H2,1-2H3,(H,23,24)(H,25,26)(H,27,28). The fourth-order valence-corrected chi connectivity index (χ4v) is 4.65. The van der Waals surface area contributed by atoms with E-state index in [4.69, 9.17) is 10.3 Å². The summed E-state index contributed by atoms with van der Waals surface area (Å²) in [5.74, 6) is -1.87. The number of aliphatic carboxylic acids is 1. The predicted octanol–water partition coefficient (Wildman–Crippen LogP) is 2.93. The lowest BCUT2D eigenvalue weighted by Crippen LogP contribution is -2.42. The molecule has 0 aliphatic rings. The van der Waals surface area contributed by atoms with E-state index in [2.05, 4.69) is 5.32 Å². The zero-order valence-electron chi connectivity index (χ0n) is 17.8. The third-order valence-corrected chi connectivity index (χ3v) is 6.37. The van der Waals surface area contributed by atoms with Gasteiger partial charge in [0.2, 0.25) is 5.91 Å². The topological polar surface area (TPSA) is 139 Å². The molecule has 30 heavy (non-hydrogen) atoms. The van der Waals surface area contributed by atoms with E-state index in [1.165, 1.54) is 0 Å². The highest BCUT2D eigenvalue weighted by atomic mass is 31.2. The van der Waals surface area contributed by atoms with E-state index in [1.54, 1.807) is 6.92 Å². The van der Waals surface area contributed by atoms with Crippen LogP contribution in [0.2, 0.25) is 0 Å². The molecule has 8 nitrogen and oxygen atoms in total. The molecule has 0 saturated heterocycles. The van der Waals surface area contributed by atoms with E-state index < -0.39 is 25.7 Å². The number of carbonyl (C=O) groups excluding carboxylic acids is 1. The van der Waals surface area contributed by atoms with Crippen LogP contribution in [-0.2, 0) is 25.1 Å². The van der Waals surface area contributed by atoms with Gasteiger partial charge in [-0.3, -0.25) is 13.9 Å². The minimum atomic E-state index is -4.19. The van der Waals surface area contributed by atoms with E-state index >= 15 is 0 Å². The fourth-order valence-electron chi connectivity index (χ4n) is 3.05. The molecule has 1 aromatic carbocycles. The summed E-state index contributed by atoms with van der Waals surface area (Å²) >= 11 is 0. The fraction of sp³-hybridized carbons (Fsp3) is 0.619. The van der Waals surface area contributed by atoms with Crippen LogP contribution in [0.1, 0.15) is 51.5 Å². The molecule has 0 spiro atoms. The molecule has 0 aliphatic heterocycles. The summed E-state index contributed by atoms with van der Waals surface area (Å²) in [5, 5.41) is 12.1. The summed E-state index contributed by atoms with van der Waals surface area (Å²) in [6, 6.07) is 8.76. The van der Waals surface area contributed by atoms with Gasteiger partial charge in [-0.15, -0.1) is 0 Å². The molecule has 1 aromatic rings. The second-order valence-electron chi connectivity index (χ2n) is 7.74. The number of carboxylic acid groups (broad SMARTS) is 1. The summed E-state index contributed by atoms with van der Waals surface area (Å²) in [4.78, 5) is 33.6. The van der Waals surface area contributed by atoms with Crippen molar-refractivity contribution in [3.8, 4) is 0 Å². The van der Waals surface area contributed by atoms with Crippen LogP contribution in [0.5, 0.6) is 0 Å². The Hall–Kier alpha value is -1.73. The summed E-state index contributed by atoms with van der Waals surface area (Å²) in [6.07, 6.45) is 2.11. The van der Waals surface area contributed by atoms with Crippen LogP contribution >= 0.6 is 7.60 Å². The molecule has 0 aliphatic carbocycles. The first-order valence-electron chi connectivity index (χ1n) is 10.4. The number of hydrogen-bond acceptors (Lipinski definition) is 5. The quantitative estimate of drug-likeness (QED) is 0.242. The molecule has 0 bridgehead atoms. The molecule has 1 amide bonds. The number of carbonyl (C=O) groups is 2. The van der Waals surface area contributed by atoms with Gasteiger partial charge in [-0.25, -0.2) is 4.79 Å². The van der Waals surface area contributed by atoms with Crippen molar-refractivity contribution < 1.29 is 28.7 Å². The van der Waals surface area contributed by atoms with E-state index in [0.717, 1.165) is 24.8 Å². The van der Waals surface area contributed by atoms with Crippen LogP contribution in [0.4, 0.5) is 0 Å². The van der Waals surface area contributed by atoms with Gasteiger partial charge < -0.3 is 21.1 Å². The SMILES string of the molecule is CCCCCC(N)C(OP(=O)(O)CC(C)CNC(=O)CCc1ccccc1)C(=O)O. The number of aryl methyl sites for hydroxylation is 1. The first kappa shape index (κ1) is 26.3. The molecule has 0 heterocycles. The number of nitrogens with two attached hydrogens (primary N) is 1. The molecular formula is C21H35N2O6P. The Morgan fingerprint density at radius 3 is 2.50 bits per heavy atom. The number of nitrogens with one attached hydrogen (secondary N) is 1. The van der Waals surface area contributed by atoms with Crippen molar-refractivity contribution in [3.05, 3.63) is 35.9 Å². The number of carboxylic acids is 1. The van der Waals surface area contributed by atoms with E-state index in [1.807, 2.05) is 37.3 Å². The Bertz CT molecular complexity index is 700. The minimum absolute atomic E-state index is 0.152. The normalized spacial score (nSPS) is 16.3. The lowest BCUT2D eigenvalue weighted by molar-refractivity contribution is -0.146. The number of amides is 1. The van der Waals surface area contributed by atoms with E-state index in [-0.39, 0.29) is 24.5 Å². The maximum Gasteiger partial charge on any atom is 0.335 e. The molecule has 0 saturated carbocycles. The Morgan fingerprint density at radius 1 is 1.23 bits per heavy atom. The Kier molecular flexibility index (Phi) is 11.9. The van der Waals surface area contributed by atoms with Crippen LogP contribution in [-0.4, -0.2) is 46.7 Å². The lowest BCUT2D eigenvalue weighted by atomic mass is 10.0. The Balaban J connectivity index is 2.45. The third-order valence-electron chi connectivity index (χ3n) is 4.73. The molecule has 1 rings (SSSR count). The minimum Gasteiger partial charge on any atom is -0.479 e. The summed E-state index contributed by atoms with van der Waals surface area (Å²) in [5.41, 5.74) is 6.94. The highest BCUT2D eigenvalue weighted by Gasteiger charge is 2.34. The van der Waals surface area contributed by atoms with Crippen molar-refractivity contribution in [2.45, 2.75) is 64.5 Å². The zero-order chi connectivity index (χ0) is 22.6. The van der Waals surface area contributed by atoms with Crippen molar-refractivity contribution >= 4 is 19.5 Å². The van der Waals surface area contributed by atoms with E-state index in [0.29, 0.717) is 19.3 Å². The largest absolute Gasteiger partial charge is 0.479 e. The van der Waals surface area contributed by atoms with Gasteiger partial charge in [0.1, 0.15) is 0 Å². The average Bonchev–Trinajstić information content (AvgIpc) is 2.69. The smallest absolute Gasteiger partial charge is 0.335 e. The van der Waals surface area contributed by atoms with Gasteiger partial charge in [0.05, 0.1) is 6.16 Å². The molecule has 0 radical (unpaired) electrons. The molecule has 0 aromatic heterocycles. The molecule has 0 fully saturated rings. The number of unbranched alkanes of at least 4 members (excludes halogenated alkanes) is 2. The molecule has 9 heteroatoms. The molecular weight excluding hydrogens is 407 g/mol. The van der Waals surface area contributed by atoms with Crippen LogP contribution in [0, 0.1) is 5.92 Å². The van der Waals surface area contributed by atoms with Crippen LogP contribution in [0.25, 0.3) is 0 Å². The van der Waals surface area contributed by atoms with Crippen LogP contribution < -0.4 is 11.1 Å². The summed E-state index contributed by atoms with van der Waals surface area (Å²) in [6.45, 7) is 3.91. The number of rotatable bonds is 15. The monoisotopic (exact) mass is 442 g/mol. The first-order valence-corrected chi connectivity index (χ1v) is 12.2. The van der Waals surface area contributed by atoms with Gasteiger partial charge in [-0.05, 0) is 24.3 Å². The third kappa shape index (κ3) is 10.9. The van der Waals surface area contributed by atoms with Gasteiger partial charge in [0.15, 0.2) is 6.10 Å². The van der Waals surface area contributed by atoms with Crippen molar-refractivity contribution in [2.24, 2.45) is 11.7 Å². The Morgan fingerprint density at radius 2 is 1.90 bits per heavy atom. The predicted molar refractivity (Wildman–Crippen MR) is 116 cm³/mol. The number of benzene rings is 1. The molecule has 4 unspecified atom stereocenters. The number of hydrogen-bond donors (Lipinski definition) is 4. The highest BCUT2D eigenvalue weighted by molar-refractivity contribution is 7.52. The van der Waals surface area contributed by atoms with Gasteiger partial charge in [-0.2, -0.15) is 0 Å². The lowest BCUT2D eigenvalue weighted by Gasteiger charge is -2.24. The van der Waals surface area contributed by atoms with Crippen LogP contribution in [0.15, 0.2) is 30.3 Å². The van der Waals surface area contributed by atoms with E-state index in [9.17, 15) is 24.2 Å². The maximum atomic E-state index is 12.4.